The highest BCUT2D eigenvalue weighted by Crippen LogP contribution is 2.22. The Bertz CT molecular complexity index is 673. The molecule has 0 unspecified atom stereocenters. The number of aromatic amines is 1. The van der Waals surface area contributed by atoms with E-state index in [2.05, 4.69) is 4.98 Å². The van der Waals surface area contributed by atoms with Gasteiger partial charge in [0.2, 0.25) is 0 Å². The van der Waals surface area contributed by atoms with Crippen molar-refractivity contribution in [3.05, 3.63) is 35.0 Å². The fourth-order valence-electron chi connectivity index (χ4n) is 2.14. The Labute approximate surface area is 117 Å². The maximum Gasteiger partial charge on any atom is 0.305 e. The third-order valence-electron chi connectivity index (χ3n) is 3.58. The second kappa shape index (κ2) is 5.36. The van der Waals surface area contributed by atoms with Gasteiger partial charge in [-0.25, -0.2) is 0 Å². The molecule has 2 N–H and O–H groups in total. The van der Waals surface area contributed by atoms with E-state index in [4.69, 9.17) is 5.11 Å². The molecule has 0 fully saturated rings. The van der Waals surface area contributed by atoms with Gasteiger partial charge >= 0.3 is 5.97 Å². The van der Waals surface area contributed by atoms with Gasteiger partial charge < -0.3 is 15.0 Å². The summed E-state index contributed by atoms with van der Waals surface area (Å²) < 4.78 is 0. The molecule has 5 heteroatoms. The van der Waals surface area contributed by atoms with Crippen LogP contribution in [-0.2, 0) is 4.79 Å². The standard InChI is InChI=1S/C15H18N2O3/c1-9-4-5-12-11(10(9)2)8-13(16-12)15(20)17(3)7-6-14(18)19/h4-5,8,16H,6-7H2,1-3H3,(H,18,19). The molecule has 1 aromatic heterocycles. The van der Waals surface area contributed by atoms with E-state index in [1.54, 1.807) is 7.05 Å². The van der Waals surface area contributed by atoms with E-state index in [0.717, 1.165) is 16.5 Å². The SMILES string of the molecule is Cc1ccc2[nH]c(C(=O)N(C)CCC(=O)O)cc2c1C. The molecule has 0 bridgehead atoms. The summed E-state index contributed by atoms with van der Waals surface area (Å²) in [6.07, 6.45) is -0.0550. The van der Waals surface area contributed by atoms with E-state index < -0.39 is 5.97 Å². The number of carbonyl (C=O) groups excluding carboxylic acids is 1. The van der Waals surface area contributed by atoms with Gasteiger partial charge in [-0.2, -0.15) is 0 Å². The van der Waals surface area contributed by atoms with Crippen LogP contribution >= 0.6 is 0 Å². The Morgan fingerprint density at radius 1 is 1.30 bits per heavy atom. The third kappa shape index (κ3) is 2.66. The fourth-order valence-corrected chi connectivity index (χ4v) is 2.14. The summed E-state index contributed by atoms with van der Waals surface area (Å²) in [5, 5.41) is 9.68. The van der Waals surface area contributed by atoms with Crippen LogP contribution in [0, 0.1) is 13.8 Å². The Kier molecular flexibility index (Phi) is 3.79. The van der Waals surface area contributed by atoms with Crippen molar-refractivity contribution >= 4 is 22.8 Å². The minimum Gasteiger partial charge on any atom is -0.481 e. The highest BCUT2D eigenvalue weighted by atomic mass is 16.4. The topological polar surface area (TPSA) is 73.4 Å². The van der Waals surface area contributed by atoms with Crippen LogP contribution in [0.1, 0.15) is 28.0 Å². The Hall–Kier alpha value is -2.30. The Morgan fingerprint density at radius 3 is 2.65 bits per heavy atom. The lowest BCUT2D eigenvalue weighted by Crippen LogP contribution is -2.29. The summed E-state index contributed by atoms with van der Waals surface area (Å²) in [7, 11) is 1.61. The summed E-state index contributed by atoms with van der Waals surface area (Å²) >= 11 is 0. The van der Waals surface area contributed by atoms with E-state index in [0.29, 0.717) is 5.69 Å². The molecular weight excluding hydrogens is 256 g/mol. The van der Waals surface area contributed by atoms with E-state index >= 15 is 0 Å². The molecule has 0 radical (unpaired) electrons. The molecule has 0 aliphatic heterocycles. The van der Waals surface area contributed by atoms with E-state index in [-0.39, 0.29) is 18.9 Å². The van der Waals surface area contributed by atoms with Gasteiger partial charge in [-0.1, -0.05) is 6.07 Å². The molecule has 1 amide bonds. The van der Waals surface area contributed by atoms with Crippen molar-refractivity contribution in [1.29, 1.82) is 0 Å². The number of carboxylic acid groups (broad SMARTS) is 1. The second-order valence-corrected chi connectivity index (χ2v) is 5.02. The van der Waals surface area contributed by atoms with Gasteiger partial charge in [0.15, 0.2) is 0 Å². The third-order valence-corrected chi connectivity index (χ3v) is 3.58. The maximum atomic E-state index is 12.2. The lowest BCUT2D eigenvalue weighted by atomic mass is 10.1. The van der Waals surface area contributed by atoms with Gasteiger partial charge in [0.25, 0.3) is 5.91 Å². The highest BCUT2D eigenvalue weighted by Gasteiger charge is 2.16. The van der Waals surface area contributed by atoms with Gasteiger partial charge in [0.05, 0.1) is 6.42 Å². The zero-order valence-electron chi connectivity index (χ0n) is 11.9. The van der Waals surface area contributed by atoms with Crippen molar-refractivity contribution in [2.45, 2.75) is 20.3 Å². The molecule has 0 spiro atoms. The number of H-pyrrole nitrogens is 1. The molecule has 0 atom stereocenters. The van der Waals surface area contributed by atoms with Crippen LogP contribution in [0.15, 0.2) is 18.2 Å². The first-order valence-electron chi connectivity index (χ1n) is 6.46. The van der Waals surface area contributed by atoms with Gasteiger partial charge in [0, 0.05) is 24.5 Å². The quantitative estimate of drug-likeness (QED) is 0.898. The average Bonchev–Trinajstić information content (AvgIpc) is 2.84. The number of nitrogens with one attached hydrogen (secondary N) is 1. The number of amides is 1. The molecule has 0 aliphatic rings. The van der Waals surface area contributed by atoms with Crippen molar-refractivity contribution in [3.8, 4) is 0 Å². The molecule has 1 heterocycles. The average molecular weight is 274 g/mol. The van der Waals surface area contributed by atoms with Crippen molar-refractivity contribution in [1.82, 2.24) is 9.88 Å². The van der Waals surface area contributed by atoms with Gasteiger partial charge in [0.1, 0.15) is 5.69 Å². The van der Waals surface area contributed by atoms with E-state index in [9.17, 15) is 9.59 Å². The Morgan fingerprint density at radius 2 is 2.00 bits per heavy atom. The van der Waals surface area contributed by atoms with Gasteiger partial charge in [-0.3, -0.25) is 9.59 Å². The summed E-state index contributed by atoms with van der Waals surface area (Å²) in [4.78, 5) is 27.3. The first kappa shape index (κ1) is 14.1. The van der Waals surface area contributed by atoms with Crippen molar-refractivity contribution in [2.24, 2.45) is 0 Å². The van der Waals surface area contributed by atoms with Crippen LogP contribution < -0.4 is 0 Å². The number of rotatable bonds is 4. The summed E-state index contributed by atoms with van der Waals surface area (Å²) in [5.74, 6) is -1.10. The monoisotopic (exact) mass is 274 g/mol. The van der Waals surface area contributed by atoms with Crippen LogP contribution in [0.4, 0.5) is 0 Å². The van der Waals surface area contributed by atoms with Crippen LogP contribution in [0.2, 0.25) is 0 Å². The lowest BCUT2D eigenvalue weighted by molar-refractivity contribution is -0.137. The molecule has 0 aliphatic carbocycles. The molecule has 20 heavy (non-hydrogen) atoms. The maximum absolute atomic E-state index is 12.2. The number of hydrogen-bond acceptors (Lipinski definition) is 2. The molecule has 1 aromatic carbocycles. The summed E-state index contributed by atoms with van der Waals surface area (Å²) in [6, 6.07) is 5.79. The summed E-state index contributed by atoms with van der Waals surface area (Å²) in [6.45, 7) is 4.25. The second-order valence-electron chi connectivity index (χ2n) is 5.02. The first-order valence-corrected chi connectivity index (χ1v) is 6.46. The van der Waals surface area contributed by atoms with Gasteiger partial charge in [-0.05, 0) is 37.1 Å². The smallest absolute Gasteiger partial charge is 0.305 e. The molecule has 2 aromatic rings. The van der Waals surface area contributed by atoms with E-state index in [1.165, 1.54) is 10.5 Å². The minimum atomic E-state index is -0.909. The molecule has 0 saturated heterocycles. The molecule has 0 saturated carbocycles. The minimum absolute atomic E-state index is 0.0550. The lowest BCUT2D eigenvalue weighted by Gasteiger charge is -2.14. The first-order chi connectivity index (χ1) is 9.40. The zero-order chi connectivity index (χ0) is 14.9. The van der Waals surface area contributed by atoms with Crippen LogP contribution in [0.5, 0.6) is 0 Å². The van der Waals surface area contributed by atoms with Crippen LogP contribution in [0.25, 0.3) is 10.9 Å². The predicted octanol–water partition coefficient (Wildman–Crippen LogP) is 2.33. The zero-order valence-corrected chi connectivity index (χ0v) is 11.9. The van der Waals surface area contributed by atoms with E-state index in [1.807, 2.05) is 32.0 Å². The number of aliphatic carboxylic acids is 1. The van der Waals surface area contributed by atoms with Crippen LogP contribution in [0.3, 0.4) is 0 Å². The molecule has 2 rings (SSSR count). The number of benzene rings is 1. The fraction of sp³-hybridized carbons (Fsp3) is 0.333. The Balaban J connectivity index is 2.27. The molecule has 5 nitrogen and oxygen atoms in total. The van der Waals surface area contributed by atoms with Crippen molar-refractivity contribution < 1.29 is 14.7 Å². The number of nitrogens with zero attached hydrogens (tertiary/aromatic N) is 1. The predicted molar refractivity (Wildman–Crippen MR) is 77.0 cm³/mol. The number of carbonyl (C=O) groups is 2. The largest absolute Gasteiger partial charge is 0.481 e. The van der Waals surface area contributed by atoms with Gasteiger partial charge in [-0.15, -0.1) is 0 Å². The summed E-state index contributed by atoms with van der Waals surface area (Å²) in [5.41, 5.74) is 3.73. The van der Waals surface area contributed by atoms with Crippen LogP contribution in [-0.4, -0.2) is 40.5 Å². The molecular formula is C15H18N2O3. The number of aromatic nitrogens is 1. The normalized spacial score (nSPS) is 10.8. The number of carboxylic acids is 1. The molecule has 106 valence electrons. The van der Waals surface area contributed by atoms with Crippen molar-refractivity contribution in [3.63, 3.8) is 0 Å². The number of aryl methyl sites for hydroxylation is 2. The number of hydrogen-bond donors (Lipinski definition) is 2. The highest BCUT2D eigenvalue weighted by molar-refractivity contribution is 5.99. The van der Waals surface area contributed by atoms with Crippen molar-refractivity contribution in [2.75, 3.05) is 13.6 Å². The number of fused-ring (bicyclic) bond motifs is 1.